The van der Waals surface area contributed by atoms with Gasteiger partial charge >= 0.3 is 0 Å². The van der Waals surface area contributed by atoms with Crippen LogP contribution in [0.3, 0.4) is 0 Å². The van der Waals surface area contributed by atoms with Crippen LogP contribution >= 0.6 is 11.6 Å². The van der Waals surface area contributed by atoms with Crippen molar-refractivity contribution in [3.8, 4) is 6.07 Å². The summed E-state index contributed by atoms with van der Waals surface area (Å²) in [5, 5.41) is 9.04. The van der Waals surface area contributed by atoms with Crippen molar-refractivity contribution in [2.45, 2.75) is 6.92 Å². The molecule has 1 aromatic rings. The van der Waals surface area contributed by atoms with Gasteiger partial charge in [-0.25, -0.2) is 0 Å². The van der Waals surface area contributed by atoms with Crippen LogP contribution in [0.2, 0.25) is 0 Å². The van der Waals surface area contributed by atoms with Gasteiger partial charge in [-0.05, 0) is 12.5 Å². The molecule has 0 aromatic heterocycles. The Morgan fingerprint density at radius 3 is 2.63 bits per heavy atom. The fraction of sp³-hybridized carbons (Fsp3) is 0.133. The van der Waals surface area contributed by atoms with Gasteiger partial charge in [0.2, 0.25) is 5.78 Å². The monoisotopic (exact) mass is 271 g/mol. The Morgan fingerprint density at radius 1 is 1.37 bits per heavy atom. The number of carbonyl (C=O) groups excluding carboxylic acids is 1. The molecule has 0 fully saturated rings. The molecule has 4 heteroatoms. The zero-order chi connectivity index (χ0) is 13.8. The van der Waals surface area contributed by atoms with E-state index in [1.54, 1.807) is 31.2 Å². The first-order valence-electron chi connectivity index (χ1n) is 5.73. The molecule has 3 nitrogen and oxygen atoms in total. The van der Waals surface area contributed by atoms with E-state index in [9.17, 15) is 4.79 Å². The Bertz CT molecular complexity index is 659. The molecule has 1 aromatic carbocycles. The van der Waals surface area contributed by atoms with Crippen molar-refractivity contribution in [2.24, 2.45) is 0 Å². The number of Topliss-reactive ketones (excluding diaryl/α,β-unsaturated/α-hetero) is 1. The van der Waals surface area contributed by atoms with Gasteiger partial charge in [-0.3, -0.25) is 4.79 Å². The van der Waals surface area contributed by atoms with E-state index in [0.717, 1.165) is 0 Å². The van der Waals surface area contributed by atoms with Gasteiger partial charge in [-0.15, -0.1) is 0 Å². The van der Waals surface area contributed by atoms with E-state index in [1.807, 2.05) is 12.1 Å². The highest BCUT2D eigenvalue weighted by Crippen LogP contribution is 2.30. The minimum atomic E-state index is -0.379. The first-order valence-corrected chi connectivity index (χ1v) is 6.11. The third-order valence-electron chi connectivity index (χ3n) is 2.57. The summed E-state index contributed by atoms with van der Waals surface area (Å²) in [5.41, 5.74) is 3.89. The van der Waals surface area contributed by atoms with Crippen LogP contribution in [0, 0.1) is 11.3 Å². The SMILES string of the molecule is CCOC1=C(Cl)C(=O)C(c2ccccc2)=C=C1C#N. The molecule has 0 saturated carbocycles. The van der Waals surface area contributed by atoms with Gasteiger partial charge in [0.1, 0.15) is 16.7 Å². The Morgan fingerprint density at radius 2 is 2.05 bits per heavy atom. The van der Waals surface area contributed by atoms with Crippen molar-refractivity contribution in [3.05, 3.63) is 58.0 Å². The van der Waals surface area contributed by atoms with Crippen LogP contribution in [0.1, 0.15) is 12.5 Å². The number of rotatable bonds is 3. The average Bonchev–Trinajstić information content (AvgIpc) is 2.45. The lowest BCUT2D eigenvalue weighted by molar-refractivity contribution is -0.110. The number of nitriles is 1. The maximum atomic E-state index is 12.2. The van der Waals surface area contributed by atoms with E-state index in [-0.39, 0.29) is 27.7 Å². The second-order valence-corrected chi connectivity index (χ2v) is 4.14. The standard InChI is InChI=1S/C15H10ClNO2/c1-2-19-15-11(9-17)8-12(14(18)13(15)16)10-6-4-3-5-7-10/h3-7H,2H2,1H3. The van der Waals surface area contributed by atoms with Crippen LogP contribution in [0.25, 0.3) is 5.57 Å². The second-order valence-electron chi connectivity index (χ2n) is 3.76. The number of allylic oxidation sites excluding steroid dienone is 2. The Hall–Kier alpha value is -2.27. The Labute approximate surface area is 116 Å². The summed E-state index contributed by atoms with van der Waals surface area (Å²) in [6.07, 6.45) is 0. The largest absolute Gasteiger partial charge is 0.490 e. The number of halogens is 1. The number of ether oxygens (including phenoxy) is 1. The summed E-state index contributed by atoms with van der Waals surface area (Å²) in [6, 6.07) is 10.9. The summed E-state index contributed by atoms with van der Waals surface area (Å²) in [4.78, 5) is 12.2. The molecule has 0 N–H and O–H groups in total. The molecule has 94 valence electrons. The predicted molar refractivity (Wildman–Crippen MR) is 72.0 cm³/mol. The highest BCUT2D eigenvalue weighted by Gasteiger charge is 2.26. The molecule has 0 amide bonds. The molecule has 0 spiro atoms. The van der Waals surface area contributed by atoms with Crippen LogP contribution in [0.15, 0.2) is 52.4 Å². The molecular weight excluding hydrogens is 262 g/mol. The molecule has 0 unspecified atom stereocenters. The summed E-state index contributed by atoms with van der Waals surface area (Å²) < 4.78 is 5.24. The molecule has 1 aliphatic rings. The van der Waals surface area contributed by atoms with Gasteiger partial charge in [0.15, 0.2) is 5.76 Å². The molecule has 19 heavy (non-hydrogen) atoms. The molecule has 0 aliphatic heterocycles. The van der Waals surface area contributed by atoms with Gasteiger partial charge < -0.3 is 4.74 Å². The first kappa shape index (κ1) is 13.2. The minimum absolute atomic E-state index is 0.0731. The fourth-order valence-corrected chi connectivity index (χ4v) is 1.97. The second kappa shape index (κ2) is 5.58. The van der Waals surface area contributed by atoms with Crippen molar-refractivity contribution in [1.29, 1.82) is 5.26 Å². The quantitative estimate of drug-likeness (QED) is 0.793. The minimum Gasteiger partial charge on any atom is -0.490 e. The molecule has 0 saturated heterocycles. The molecule has 0 heterocycles. The van der Waals surface area contributed by atoms with Crippen molar-refractivity contribution in [3.63, 3.8) is 0 Å². The van der Waals surface area contributed by atoms with E-state index in [1.165, 1.54) is 0 Å². The maximum Gasteiger partial charge on any atom is 0.216 e. The Kier molecular flexibility index (Phi) is 3.87. The summed E-state index contributed by atoms with van der Waals surface area (Å²) in [6.45, 7) is 2.08. The lowest BCUT2D eigenvalue weighted by Gasteiger charge is -2.14. The first-order chi connectivity index (χ1) is 9.19. The maximum absolute atomic E-state index is 12.2. The van der Waals surface area contributed by atoms with E-state index in [2.05, 4.69) is 5.73 Å². The number of benzene rings is 1. The van der Waals surface area contributed by atoms with Gasteiger partial charge in [0, 0.05) is 0 Å². The number of ketones is 1. The zero-order valence-corrected chi connectivity index (χ0v) is 11.0. The molecule has 0 radical (unpaired) electrons. The van der Waals surface area contributed by atoms with E-state index in [4.69, 9.17) is 21.6 Å². The molecule has 2 rings (SSSR count). The topological polar surface area (TPSA) is 50.1 Å². The summed E-state index contributed by atoms with van der Waals surface area (Å²) in [7, 11) is 0. The smallest absolute Gasteiger partial charge is 0.216 e. The normalized spacial score (nSPS) is 14.7. The molecular formula is C15H10ClNO2. The summed E-state index contributed by atoms with van der Waals surface area (Å²) >= 11 is 6.00. The lowest BCUT2D eigenvalue weighted by atomic mass is 9.96. The molecule has 1 aliphatic carbocycles. The van der Waals surface area contributed by atoms with Gasteiger partial charge in [0.05, 0.1) is 12.2 Å². The third-order valence-corrected chi connectivity index (χ3v) is 2.91. The number of nitrogens with zero attached hydrogens (tertiary/aromatic N) is 1. The van der Waals surface area contributed by atoms with Crippen LogP contribution in [0.5, 0.6) is 0 Å². The van der Waals surface area contributed by atoms with E-state index >= 15 is 0 Å². The Balaban J connectivity index is 2.62. The van der Waals surface area contributed by atoms with Crippen LogP contribution < -0.4 is 0 Å². The van der Waals surface area contributed by atoms with Gasteiger partial charge in [0.25, 0.3) is 0 Å². The molecule has 0 atom stereocenters. The van der Waals surface area contributed by atoms with Crippen molar-refractivity contribution in [1.82, 2.24) is 0 Å². The third kappa shape index (κ3) is 2.46. The summed E-state index contributed by atoms with van der Waals surface area (Å²) in [5.74, 6) is -0.272. The average molecular weight is 272 g/mol. The highest BCUT2D eigenvalue weighted by atomic mass is 35.5. The van der Waals surface area contributed by atoms with Gasteiger partial charge in [-0.2, -0.15) is 5.26 Å². The van der Waals surface area contributed by atoms with Crippen molar-refractivity contribution < 1.29 is 9.53 Å². The van der Waals surface area contributed by atoms with Crippen LogP contribution in [-0.4, -0.2) is 12.4 Å². The zero-order valence-electron chi connectivity index (χ0n) is 10.2. The lowest BCUT2D eigenvalue weighted by Crippen LogP contribution is -2.11. The fourth-order valence-electron chi connectivity index (χ4n) is 1.73. The van der Waals surface area contributed by atoms with E-state index in [0.29, 0.717) is 12.2 Å². The van der Waals surface area contributed by atoms with Gasteiger partial charge in [-0.1, -0.05) is 47.7 Å². The highest BCUT2D eigenvalue weighted by molar-refractivity contribution is 6.51. The van der Waals surface area contributed by atoms with Crippen LogP contribution in [-0.2, 0) is 9.53 Å². The van der Waals surface area contributed by atoms with Crippen molar-refractivity contribution >= 4 is 23.0 Å². The van der Waals surface area contributed by atoms with Crippen molar-refractivity contribution in [2.75, 3.05) is 6.61 Å². The van der Waals surface area contributed by atoms with Crippen LogP contribution in [0.4, 0.5) is 0 Å². The predicted octanol–water partition coefficient (Wildman–Crippen LogP) is 3.19. The number of carbonyl (C=O) groups is 1. The number of hydrogen-bond donors (Lipinski definition) is 0. The molecule has 0 bridgehead atoms. The number of hydrogen-bond acceptors (Lipinski definition) is 3. The van der Waals surface area contributed by atoms with E-state index < -0.39 is 0 Å².